The van der Waals surface area contributed by atoms with Crippen molar-refractivity contribution in [2.45, 2.75) is 0 Å². The number of nitrogen functional groups attached to an aromatic ring is 1. The molecule has 1 aromatic rings. The summed E-state index contributed by atoms with van der Waals surface area (Å²) in [7, 11) is 1.90. The molecule has 1 heterocycles. The van der Waals surface area contributed by atoms with Gasteiger partial charge in [-0.15, -0.1) is 0 Å². The number of nitrogens with zero attached hydrogens (tertiary/aromatic N) is 2. The summed E-state index contributed by atoms with van der Waals surface area (Å²) in [6, 6.07) is 4.86. The summed E-state index contributed by atoms with van der Waals surface area (Å²) in [5, 5.41) is 9.11. The van der Waals surface area contributed by atoms with Crippen LogP contribution in [0.4, 0.5) is 5.69 Å². The van der Waals surface area contributed by atoms with Gasteiger partial charge in [-0.2, -0.15) is 0 Å². The molecule has 0 atom stereocenters. The molecule has 0 unspecified atom stereocenters. The van der Waals surface area contributed by atoms with Crippen LogP contribution >= 0.6 is 0 Å². The number of rotatable bonds is 2. The third-order valence-corrected chi connectivity index (χ3v) is 2.57. The number of benzene rings is 1. The second-order valence-electron chi connectivity index (χ2n) is 3.74. The number of anilines is 1. The average molecular weight is 219 g/mol. The second kappa shape index (κ2) is 3.84. The van der Waals surface area contributed by atoms with Crippen molar-refractivity contribution >= 4 is 17.5 Å². The minimum atomic E-state index is -0.981. The maximum absolute atomic E-state index is 11.1. The molecular formula is C11H13N3O2. The topological polar surface area (TPSA) is 78.9 Å². The van der Waals surface area contributed by atoms with Crippen molar-refractivity contribution in [2.24, 2.45) is 4.99 Å². The second-order valence-corrected chi connectivity index (χ2v) is 3.74. The Balaban J connectivity index is 2.52. The van der Waals surface area contributed by atoms with E-state index >= 15 is 0 Å². The van der Waals surface area contributed by atoms with E-state index in [0.717, 1.165) is 12.4 Å². The minimum absolute atomic E-state index is 0.201. The Morgan fingerprint density at radius 3 is 2.88 bits per heavy atom. The molecule has 0 aliphatic carbocycles. The summed E-state index contributed by atoms with van der Waals surface area (Å²) in [6.07, 6.45) is 0. The number of likely N-dealkylation sites (N-methyl/N-ethyl adjacent to an activating group) is 1. The standard InChI is InChI=1S/C11H13N3O2/c1-14-5-4-13-10(14)8-3-2-7(12)6-9(8)11(15)16/h2-3,6H,4-5,12H2,1H3,(H,15,16). The lowest BCUT2D eigenvalue weighted by atomic mass is 10.1. The van der Waals surface area contributed by atoms with Crippen LogP contribution in [0.25, 0.3) is 0 Å². The Kier molecular flexibility index (Phi) is 2.52. The van der Waals surface area contributed by atoms with E-state index in [1.807, 2.05) is 11.9 Å². The Bertz CT molecular complexity index is 468. The highest BCUT2D eigenvalue weighted by Crippen LogP contribution is 2.18. The van der Waals surface area contributed by atoms with Gasteiger partial charge in [-0.3, -0.25) is 4.99 Å². The highest BCUT2D eigenvalue weighted by molar-refractivity contribution is 6.08. The van der Waals surface area contributed by atoms with Crippen LogP contribution in [0, 0.1) is 0 Å². The molecule has 0 bridgehead atoms. The molecule has 0 saturated heterocycles. The molecule has 3 N–H and O–H groups in total. The SMILES string of the molecule is CN1CCN=C1c1ccc(N)cc1C(=O)O. The summed E-state index contributed by atoms with van der Waals surface area (Å²) in [5.74, 6) is -0.261. The number of nitrogens with two attached hydrogens (primary N) is 1. The third kappa shape index (κ3) is 1.71. The number of amidine groups is 1. The van der Waals surface area contributed by atoms with E-state index < -0.39 is 5.97 Å². The van der Waals surface area contributed by atoms with E-state index in [1.165, 1.54) is 6.07 Å². The Morgan fingerprint density at radius 2 is 2.31 bits per heavy atom. The molecule has 0 fully saturated rings. The summed E-state index contributed by atoms with van der Waals surface area (Å²) in [4.78, 5) is 17.3. The Hall–Kier alpha value is -2.04. The fourth-order valence-electron chi connectivity index (χ4n) is 1.76. The first-order valence-corrected chi connectivity index (χ1v) is 4.98. The molecule has 0 spiro atoms. The number of carbonyl (C=O) groups is 1. The van der Waals surface area contributed by atoms with Gasteiger partial charge in [-0.05, 0) is 18.2 Å². The number of carboxylic acids is 1. The Labute approximate surface area is 93.2 Å². The van der Waals surface area contributed by atoms with E-state index in [9.17, 15) is 4.79 Å². The zero-order valence-electron chi connectivity index (χ0n) is 8.97. The number of hydrogen-bond acceptors (Lipinski definition) is 4. The predicted octanol–water partition coefficient (Wildman–Crippen LogP) is 0.659. The summed E-state index contributed by atoms with van der Waals surface area (Å²) >= 11 is 0. The zero-order chi connectivity index (χ0) is 11.7. The zero-order valence-corrected chi connectivity index (χ0v) is 8.97. The van der Waals surface area contributed by atoms with Crippen LogP contribution < -0.4 is 5.73 Å². The van der Waals surface area contributed by atoms with Crippen LogP contribution in [0.15, 0.2) is 23.2 Å². The van der Waals surface area contributed by atoms with Gasteiger partial charge in [0.2, 0.25) is 0 Å². The molecule has 1 aliphatic heterocycles. The van der Waals surface area contributed by atoms with Crippen LogP contribution in [0.5, 0.6) is 0 Å². The average Bonchev–Trinajstić information content (AvgIpc) is 2.64. The monoisotopic (exact) mass is 219 g/mol. The molecule has 0 radical (unpaired) electrons. The van der Waals surface area contributed by atoms with E-state index in [0.29, 0.717) is 17.8 Å². The highest BCUT2D eigenvalue weighted by Gasteiger charge is 2.20. The van der Waals surface area contributed by atoms with Crippen LogP contribution in [-0.2, 0) is 0 Å². The van der Waals surface area contributed by atoms with Crippen molar-refractivity contribution in [1.29, 1.82) is 0 Å². The number of carboxylic acid groups (broad SMARTS) is 1. The fourth-order valence-corrected chi connectivity index (χ4v) is 1.76. The molecule has 0 saturated carbocycles. The van der Waals surface area contributed by atoms with Gasteiger partial charge in [0, 0.05) is 24.8 Å². The van der Waals surface area contributed by atoms with E-state index in [2.05, 4.69) is 4.99 Å². The first-order valence-electron chi connectivity index (χ1n) is 4.98. The maximum atomic E-state index is 11.1. The smallest absolute Gasteiger partial charge is 0.336 e. The molecule has 2 rings (SSSR count). The molecule has 1 aliphatic rings. The van der Waals surface area contributed by atoms with Crippen molar-refractivity contribution in [3.63, 3.8) is 0 Å². The van der Waals surface area contributed by atoms with Gasteiger partial charge in [-0.1, -0.05) is 0 Å². The van der Waals surface area contributed by atoms with E-state index in [-0.39, 0.29) is 5.56 Å². The lowest BCUT2D eigenvalue weighted by Crippen LogP contribution is -2.25. The fraction of sp³-hybridized carbons (Fsp3) is 0.273. The minimum Gasteiger partial charge on any atom is -0.478 e. The maximum Gasteiger partial charge on any atom is 0.336 e. The van der Waals surface area contributed by atoms with Gasteiger partial charge >= 0.3 is 5.97 Å². The van der Waals surface area contributed by atoms with E-state index in [4.69, 9.17) is 10.8 Å². The number of aliphatic imine (C=N–C) groups is 1. The van der Waals surface area contributed by atoms with Crippen LogP contribution in [0.2, 0.25) is 0 Å². The molecule has 1 aromatic carbocycles. The number of hydrogen-bond donors (Lipinski definition) is 2. The van der Waals surface area contributed by atoms with Gasteiger partial charge in [0.1, 0.15) is 5.84 Å². The molecule has 5 nitrogen and oxygen atoms in total. The van der Waals surface area contributed by atoms with Gasteiger partial charge in [-0.25, -0.2) is 4.79 Å². The van der Waals surface area contributed by atoms with Gasteiger partial charge in [0.25, 0.3) is 0 Å². The van der Waals surface area contributed by atoms with Crippen molar-refractivity contribution in [3.8, 4) is 0 Å². The normalized spacial score (nSPS) is 15.1. The van der Waals surface area contributed by atoms with Gasteiger partial charge in [0.05, 0.1) is 12.1 Å². The van der Waals surface area contributed by atoms with Gasteiger partial charge in [0.15, 0.2) is 0 Å². The third-order valence-electron chi connectivity index (χ3n) is 2.57. The van der Waals surface area contributed by atoms with Gasteiger partial charge < -0.3 is 15.7 Å². The molecular weight excluding hydrogens is 206 g/mol. The summed E-state index contributed by atoms with van der Waals surface area (Å²) in [6.45, 7) is 1.52. The van der Waals surface area contributed by atoms with Crippen molar-refractivity contribution in [3.05, 3.63) is 29.3 Å². The lowest BCUT2D eigenvalue weighted by molar-refractivity contribution is 0.0696. The van der Waals surface area contributed by atoms with Crippen LogP contribution in [-0.4, -0.2) is 41.9 Å². The molecule has 0 aromatic heterocycles. The molecule has 16 heavy (non-hydrogen) atoms. The largest absolute Gasteiger partial charge is 0.478 e. The first kappa shape index (κ1) is 10.5. The Morgan fingerprint density at radius 1 is 1.56 bits per heavy atom. The quantitative estimate of drug-likeness (QED) is 0.716. The first-order chi connectivity index (χ1) is 7.59. The highest BCUT2D eigenvalue weighted by atomic mass is 16.4. The molecule has 84 valence electrons. The molecule has 5 heteroatoms. The summed E-state index contributed by atoms with van der Waals surface area (Å²) < 4.78 is 0. The van der Waals surface area contributed by atoms with E-state index in [1.54, 1.807) is 12.1 Å². The number of aromatic carboxylic acids is 1. The summed E-state index contributed by atoms with van der Waals surface area (Å²) in [5.41, 5.74) is 6.86. The van der Waals surface area contributed by atoms with Crippen molar-refractivity contribution in [2.75, 3.05) is 25.9 Å². The van der Waals surface area contributed by atoms with Crippen LogP contribution in [0.1, 0.15) is 15.9 Å². The molecule has 0 amide bonds. The van der Waals surface area contributed by atoms with Crippen molar-refractivity contribution in [1.82, 2.24) is 4.90 Å². The predicted molar refractivity (Wildman–Crippen MR) is 61.8 cm³/mol. The van der Waals surface area contributed by atoms with Crippen molar-refractivity contribution < 1.29 is 9.90 Å². The van der Waals surface area contributed by atoms with Crippen LogP contribution in [0.3, 0.4) is 0 Å². The lowest BCUT2D eigenvalue weighted by Gasteiger charge is -2.15.